The molecular formula is C26H33N3O5. The van der Waals surface area contributed by atoms with E-state index in [4.69, 9.17) is 9.47 Å². The van der Waals surface area contributed by atoms with E-state index in [0.717, 1.165) is 11.1 Å². The summed E-state index contributed by atoms with van der Waals surface area (Å²) in [6.45, 7) is 5.96. The quantitative estimate of drug-likeness (QED) is 0.521. The van der Waals surface area contributed by atoms with Crippen molar-refractivity contribution in [3.05, 3.63) is 59.7 Å². The number of hydrogen-bond acceptors (Lipinski definition) is 6. The molecule has 2 aliphatic rings. The number of hydrogen-bond donors (Lipinski definition) is 3. The van der Waals surface area contributed by atoms with E-state index in [9.17, 15) is 14.7 Å². The fourth-order valence-electron chi connectivity index (χ4n) is 4.45. The molecule has 8 nitrogen and oxygen atoms in total. The Morgan fingerprint density at radius 3 is 2.59 bits per heavy atom. The number of amides is 2. The van der Waals surface area contributed by atoms with Crippen molar-refractivity contribution in [1.82, 2.24) is 15.5 Å². The lowest BCUT2D eigenvalue weighted by atomic mass is 10.0. The highest BCUT2D eigenvalue weighted by atomic mass is 16.7. The van der Waals surface area contributed by atoms with Gasteiger partial charge in [0.2, 0.25) is 18.6 Å². The summed E-state index contributed by atoms with van der Waals surface area (Å²) in [4.78, 5) is 28.0. The van der Waals surface area contributed by atoms with E-state index < -0.39 is 12.1 Å². The van der Waals surface area contributed by atoms with Crippen LogP contribution in [0.1, 0.15) is 31.4 Å². The predicted molar refractivity (Wildman–Crippen MR) is 127 cm³/mol. The Morgan fingerprint density at radius 2 is 1.82 bits per heavy atom. The Labute approximate surface area is 200 Å². The fraction of sp³-hybridized carbons (Fsp3) is 0.462. The summed E-state index contributed by atoms with van der Waals surface area (Å²) in [5, 5.41) is 16.4. The first-order chi connectivity index (χ1) is 16.4. The molecule has 0 radical (unpaired) electrons. The number of β-amino-alcohol motifs (C(OH)–C–C–N with tert-alkyl or cyclic N) is 1. The number of rotatable bonds is 9. The van der Waals surface area contributed by atoms with Crippen molar-refractivity contribution in [2.45, 2.75) is 51.4 Å². The van der Waals surface area contributed by atoms with Crippen molar-refractivity contribution in [2.24, 2.45) is 5.92 Å². The molecule has 1 fully saturated rings. The molecular weight excluding hydrogens is 434 g/mol. The van der Waals surface area contributed by atoms with Gasteiger partial charge in [0.1, 0.15) is 6.04 Å². The van der Waals surface area contributed by atoms with Gasteiger partial charge in [0.15, 0.2) is 11.5 Å². The molecule has 3 atom stereocenters. The first-order valence-electron chi connectivity index (χ1n) is 11.8. The summed E-state index contributed by atoms with van der Waals surface area (Å²) in [5.41, 5.74) is 1.95. The number of nitrogens with one attached hydrogen (secondary N) is 2. The second kappa shape index (κ2) is 10.9. The van der Waals surface area contributed by atoms with Crippen LogP contribution >= 0.6 is 0 Å². The van der Waals surface area contributed by atoms with Crippen molar-refractivity contribution >= 4 is 11.8 Å². The van der Waals surface area contributed by atoms with Crippen LogP contribution in [0.25, 0.3) is 0 Å². The first kappa shape index (κ1) is 24.0. The van der Waals surface area contributed by atoms with Crippen LogP contribution in [0.3, 0.4) is 0 Å². The molecule has 182 valence electrons. The van der Waals surface area contributed by atoms with Gasteiger partial charge in [0.05, 0.1) is 18.6 Å². The van der Waals surface area contributed by atoms with E-state index in [1.807, 2.05) is 50.2 Å². The van der Waals surface area contributed by atoms with Crippen LogP contribution in [0.15, 0.2) is 48.5 Å². The minimum absolute atomic E-state index is 0.134. The van der Waals surface area contributed by atoms with E-state index in [1.54, 1.807) is 12.1 Å². The summed E-state index contributed by atoms with van der Waals surface area (Å²) in [6.07, 6.45) is -0.0123. The van der Waals surface area contributed by atoms with Gasteiger partial charge in [-0.05, 0) is 35.6 Å². The number of aliphatic hydroxyl groups excluding tert-OH is 1. The van der Waals surface area contributed by atoms with Gasteiger partial charge in [-0.2, -0.15) is 0 Å². The molecule has 0 aromatic heterocycles. The smallest absolute Gasteiger partial charge is 0.242 e. The number of nitrogens with zero attached hydrogens (tertiary/aromatic N) is 1. The molecule has 0 bridgehead atoms. The van der Waals surface area contributed by atoms with Crippen LogP contribution < -0.4 is 20.1 Å². The lowest BCUT2D eigenvalue weighted by Crippen LogP contribution is -2.53. The molecule has 34 heavy (non-hydrogen) atoms. The third-order valence-electron chi connectivity index (χ3n) is 6.10. The second-order valence-corrected chi connectivity index (χ2v) is 9.48. The van der Waals surface area contributed by atoms with Crippen LogP contribution in [-0.4, -0.2) is 59.9 Å². The zero-order valence-electron chi connectivity index (χ0n) is 19.7. The first-order valence-corrected chi connectivity index (χ1v) is 11.8. The Bertz CT molecular complexity index is 997. The van der Waals surface area contributed by atoms with E-state index in [0.29, 0.717) is 37.6 Å². The Balaban J connectivity index is 1.33. The second-order valence-electron chi connectivity index (χ2n) is 9.48. The molecule has 4 rings (SSSR count). The third-order valence-corrected chi connectivity index (χ3v) is 6.10. The van der Waals surface area contributed by atoms with Gasteiger partial charge in [-0.3, -0.25) is 14.5 Å². The summed E-state index contributed by atoms with van der Waals surface area (Å²) in [6, 6.07) is 14.4. The Morgan fingerprint density at radius 1 is 1.06 bits per heavy atom. The van der Waals surface area contributed by atoms with Gasteiger partial charge in [-0.15, -0.1) is 0 Å². The van der Waals surface area contributed by atoms with Crippen molar-refractivity contribution in [2.75, 3.05) is 19.9 Å². The number of carbonyl (C=O) groups is 2. The lowest BCUT2D eigenvalue weighted by Gasteiger charge is -2.24. The number of likely N-dealkylation sites (tertiary alicyclic amines) is 1. The summed E-state index contributed by atoms with van der Waals surface area (Å²) in [5.74, 6) is 0.995. The highest BCUT2D eigenvalue weighted by Gasteiger charge is 2.34. The molecule has 2 aromatic carbocycles. The highest BCUT2D eigenvalue weighted by molar-refractivity contribution is 5.88. The van der Waals surface area contributed by atoms with Crippen molar-refractivity contribution in [3.63, 3.8) is 0 Å². The number of ether oxygens (including phenoxy) is 2. The van der Waals surface area contributed by atoms with E-state index in [-0.39, 0.29) is 37.0 Å². The number of aliphatic hydroxyl groups is 1. The maximum absolute atomic E-state index is 13.1. The van der Waals surface area contributed by atoms with Gasteiger partial charge in [-0.1, -0.05) is 50.2 Å². The lowest BCUT2D eigenvalue weighted by molar-refractivity contribution is -0.129. The maximum atomic E-state index is 13.1. The summed E-state index contributed by atoms with van der Waals surface area (Å²) < 4.78 is 10.7. The van der Waals surface area contributed by atoms with Gasteiger partial charge < -0.3 is 25.2 Å². The largest absolute Gasteiger partial charge is 0.454 e. The van der Waals surface area contributed by atoms with E-state index in [2.05, 4.69) is 15.5 Å². The number of benzene rings is 2. The average Bonchev–Trinajstić information content (AvgIpc) is 3.39. The monoisotopic (exact) mass is 467 g/mol. The SMILES string of the molecule is CC(C)C[C@H](NC(=O)Cc1ccc2c(c1)OCO2)C(=O)NC1CN(Cc2ccccc2)CC1O. The molecule has 2 unspecified atom stereocenters. The van der Waals surface area contributed by atoms with Crippen molar-refractivity contribution in [3.8, 4) is 11.5 Å². The molecule has 0 spiro atoms. The minimum atomic E-state index is -0.670. The third kappa shape index (κ3) is 6.27. The fourth-order valence-corrected chi connectivity index (χ4v) is 4.45. The van der Waals surface area contributed by atoms with Gasteiger partial charge in [0.25, 0.3) is 0 Å². The van der Waals surface area contributed by atoms with Crippen LogP contribution in [0, 0.1) is 5.92 Å². The standard InChI is InChI=1S/C26H33N3O5/c1-17(2)10-20(27-25(31)12-19-8-9-23-24(11-19)34-16-33-23)26(32)28-21-14-29(15-22(21)30)13-18-6-4-3-5-7-18/h3-9,11,17,20-22,30H,10,12-16H2,1-2H3,(H,27,31)(H,28,32)/t20-,21?,22?/m0/s1. The molecule has 2 aliphatic heterocycles. The molecule has 2 amide bonds. The highest BCUT2D eigenvalue weighted by Crippen LogP contribution is 2.32. The average molecular weight is 468 g/mol. The van der Waals surface area contributed by atoms with Crippen LogP contribution in [0.5, 0.6) is 11.5 Å². The topological polar surface area (TPSA) is 100 Å². The molecule has 2 aromatic rings. The van der Waals surface area contributed by atoms with Gasteiger partial charge in [0, 0.05) is 19.6 Å². The van der Waals surface area contributed by atoms with Gasteiger partial charge >= 0.3 is 0 Å². The summed E-state index contributed by atoms with van der Waals surface area (Å²) >= 11 is 0. The van der Waals surface area contributed by atoms with E-state index >= 15 is 0 Å². The Kier molecular flexibility index (Phi) is 7.70. The van der Waals surface area contributed by atoms with Crippen LogP contribution in [0.2, 0.25) is 0 Å². The minimum Gasteiger partial charge on any atom is -0.454 e. The van der Waals surface area contributed by atoms with Crippen LogP contribution in [-0.2, 0) is 22.6 Å². The van der Waals surface area contributed by atoms with Crippen molar-refractivity contribution in [1.29, 1.82) is 0 Å². The molecule has 0 aliphatic carbocycles. The van der Waals surface area contributed by atoms with Gasteiger partial charge in [-0.25, -0.2) is 0 Å². The zero-order chi connectivity index (χ0) is 24.1. The normalized spacial score (nSPS) is 20.4. The molecule has 8 heteroatoms. The van der Waals surface area contributed by atoms with E-state index in [1.165, 1.54) is 0 Å². The maximum Gasteiger partial charge on any atom is 0.242 e. The molecule has 1 saturated heterocycles. The van der Waals surface area contributed by atoms with Crippen LogP contribution in [0.4, 0.5) is 0 Å². The predicted octanol–water partition coefficient (Wildman–Crippen LogP) is 1.85. The zero-order valence-corrected chi connectivity index (χ0v) is 19.7. The Hall–Kier alpha value is -3.10. The summed E-state index contributed by atoms with van der Waals surface area (Å²) in [7, 11) is 0. The number of carbonyl (C=O) groups excluding carboxylic acids is 2. The molecule has 0 saturated carbocycles. The van der Waals surface area contributed by atoms with Crippen molar-refractivity contribution < 1.29 is 24.2 Å². The molecule has 2 heterocycles. The number of fused-ring (bicyclic) bond motifs is 1. The molecule has 3 N–H and O–H groups in total.